The third kappa shape index (κ3) is 6.07. The number of halogens is 1. The lowest BCUT2D eigenvalue weighted by molar-refractivity contribution is -0.143. The van der Waals surface area contributed by atoms with Crippen molar-refractivity contribution in [3.8, 4) is 0 Å². The molecule has 0 radical (unpaired) electrons. The minimum atomic E-state index is -1.29. The van der Waals surface area contributed by atoms with Crippen LogP contribution in [0.5, 0.6) is 0 Å². The van der Waals surface area contributed by atoms with Gasteiger partial charge in [0, 0.05) is 9.37 Å². The van der Waals surface area contributed by atoms with E-state index in [9.17, 15) is 14.4 Å². The summed E-state index contributed by atoms with van der Waals surface area (Å²) in [6.07, 6.45) is -0.427. The Balaban J connectivity index is 2.47. The van der Waals surface area contributed by atoms with Gasteiger partial charge in [-0.15, -0.1) is 11.8 Å². The summed E-state index contributed by atoms with van der Waals surface area (Å²) in [5, 5.41) is 11.1. The van der Waals surface area contributed by atoms with Crippen molar-refractivity contribution in [2.75, 3.05) is 5.75 Å². The van der Waals surface area contributed by atoms with Gasteiger partial charge in [-0.25, -0.2) is 4.79 Å². The van der Waals surface area contributed by atoms with Gasteiger partial charge < -0.3 is 16.2 Å². The third-order valence-corrected chi connectivity index (χ3v) is 3.76. The molecule has 0 fully saturated rings. The Hall–Kier alpha value is -1.54. The largest absolute Gasteiger partial charge is 0.480 e. The molecule has 108 valence electrons. The number of benzene rings is 1. The minimum absolute atomic E-state index is 0.0597. The summed E-state index contributed by atoms with van der Waals surface area (Å²) in [5.41, 5.74) is 4.92. The number of primary amides is 1. The standard InChI is InChI=1S/C12H13BrN2O4S/c13-7-1-3-8(4-2-7)20-6-11(17)15-9(12(18)19)5-10(14)16/h1-4,9H,5-6H2,(H2,14,16)(H,15,17)(H,18,19). The van der Waals surface area contributed by atoms with Crippen LogP contribution in [-0.2, 0) is 14.4 Å². The number of hydrogen-bond donors (Lipinski definition) is 3. The summed E-state index contributed by atoms with van der Waals surface area (Å²) < 4.78 is 0.929. The number of rotatable bonds is 7. The Morgan fingerprint density at radius 3 is 2.40 bits per heavy atom. The summed E-state index contributed by atoms with van der Waals surface area (Å²) >= 11 is 4.57. The predicted molar refractivity (Wildman–Crippen MR) is 78.2 cm³/mol. The Morgan fingerprint density at radius 2 is 1.90 bits per heavy atom. The van der Waals surface area contributed by atoms with Crippen molar-refractivity contribution in [1.29, 1.82) is 0 Å². The first-order valence-electron chi connectivity index (χ1n) is 5.57. The highest BCUT2D eigenvalue weighted by molar-refractivity contribution is 9.10. The number of aliphatic carboxylic acids is 1. The molecule has 1 aromatic carbocycles. The van der Waals surface area contributed by atoms with Gasteiger partial charge in [-0.3, -0.25) is 9.59 Å². The van der Waals surface area contributed by atoms with Gasteiger partial charge >= 0.3 is 5.97 Å². The highest BCUT2D eigenvalue weighted by Crippen LogP contribution is 2.20. The molecule has 1 rings (SSSR count). The Kier molecular flexibility index (Phi) is 6.53. The Bertz CT molecular complexity index is 507. The molecule has 0 saturated heterocycles. The molecule has 0 aromatic heterocycles. The number of carbonyl (C=O) groups excluding carboxylic acids is 2. The van der Waals surface area contributed by atoms with Crippen LogP contribution in [0.2, 0.25) is 0 Å². The zero-order valence-corrected chi connectivity index (χ0v) is 12.7. The molecule has 0 aliphatic carbocycles. The smallest absolute Gasteiger partial charge is 0.326 e. The highest BCUT2D eigenvalue weighted by Gasteiger charge is 2.21. The van der Waals surface area contributed by atoms with Gasteiger partial charge in [0.15, 0.2) is 0 Å². The quantitative estimate of drug-likeness (QED) is 0.628. The molecular weight excluding hydrogens is 348 g/mol. The zero-order valence-electron chi connectivity index (χ0n) is 10.3. The van der Waals surface area contributed by atoms with Crippen molar-refractivity contribution >= 4 is 45.5 Å². The van der Waals surface area contributed by atoms with E-state index < -0.39 is 30.2 Å². The number of carboxylic acids is 1. The first kappa shape index (κ1) is 16.5. The fourth-order valence-electron chi connectivity index (χ4n) is 1.32. The number of carboxylic acid groups (broad SMARTS) is 1. The molecule has 1 aromatic rings. The maximum atomic E-state index is 11.6. The molecular formula is C12H13BrN2O4S. The number of amides is 2. The average Bonchev–Trinajstić information content (AvgIpc) is 2.36. The number of carbonyl (C=O) groups is 3. The summed E-state index contributed by atoms with van der Waals surface area (Å²) in [5.74, 6) is -2.47. The van der Waals surface area contributed by atoms with Crippen LogP contribution < -0.4 is 11.1 Å². The normalized spacial score (nSPS) is 11.7. The van der Waals surface area contributed by atoms with Crippen molar-refractivity contribution in [2.45, 2.75) is 17.4 Å². The first-order valence-corrected chi connectivity index (χ1v) is 7.35. The van der Waals surface area contributed by atoms with Crippen LogP contribution in [0.4, 0.5) is 0 Å². The van der Waals surface area contributed by atoms with E-state index in [0.29, 0.717) is 0 Å². The molecule has 0 saturated carbocycles. The first-order chi connectivity index (χ1) is 9.38. The van der Waals surface area contributed by atoms with E-state index in [1.54, 1.807) is 0 Å². The molecule has 20 heavy (non-hydrogen) atoms. The van der Waals surface area contributed by atoms with E-state index in [1.807, 2.05) is 24.3 Å². The molecule has 4 N–H and O–H groups in total. The van der Waals surface area contributed by atoms with Crippen molar-refractivity contribution in [3.63, 3.8) is 0 Å². The molecule has 0 spiro atoms. The van der Waals surface area contributed by atoms with E-state index in [1.165, 1.54) is 11.8 Å². The van der Waals surface area contributed by atoms with E-state index in [4.69, 9.17) is 10.8 Å². The van der Waals surface area contributed by atoms with Gasteiger partial charge in [-0.1, -0.05) is 15.9 Å². The van der Waals surface area contributed by atoms with Crippen LogP contribution in [0.15, 0.2) is 33.6 Å². The second kappa shape index (κ2) is 7.91. The van der Waals surface area contributed by atoms with Gasteiger partial charge in [0.1, 0.15) is 6.04 Å². The molecule has 0 aliphatic rings. The fourth-order valence-corrected chi connectivity index (χ4v) is 2.29. The van der Waals surface area contributed by atoms with E-state index >= 15 is 0 Å². The molecule has 2 amide bonds. The summed E-state index contributed by atoms with van der Waals surface area (Å²) in [4.78, 5) is 34.1. The summed E-state index contributed by atoms with van der Waals surface area (Å²) in [6.45, 7) is 0. The zero-order chi connectivity index (χ0) is 15.1. The van der Waals surface area contributed by atoms with Crippen LogP contribution in [0.25, 0.3) is 0 Å². The molecule has 0 heterocycles. The van der Waals surface area contributed by atoms with Gasteiger partial charge in [0.25, 0.3) is 0 Å². The lowest BCUT2D eigenvalue weighted by atomic mass is 10.2. The highest BCUT2D eigenvalue weighted by atomic mass is 79.9. The van der Waals surface area contributed by atoms with Gasteiger partial charge in [-0.05, 0) is 24.3 Å². The molecule has 8 heteroatoms. The van der Waals surface area contributed by atoms with E-state index in [0.717, 1.165) is 9.37 Å². The van der Waals surface area contributed by atoms with Crippen molar-refractivity contribution < 1.29 is 19.5 Å². The SMILES string of the molecule is NC(=O)CC(NC(=O)CSc1ccc(Br)cc1)C(=O)O. The second-order valence-electron chi connectivity index (χ2n) is 3.87. The maximum absolute atomic E-state index is 11.6. The Labute approximate surface area is 128 Å². The van der Waals surface area contributed by atoms with Crippen molar-refractivity contribution in [3.05, 3.63) is 28.7 Å². The number of nitrogens with two attached hydrogens (primary N) is 1. The topological polar surface area (TPSA) is 109 Å². The summed E-state index contributed by atoms with van der Waals surface area (Å²) in [7, 11) is 0. The van der Waals surface area contributed by atoms with Crippen LogP contribution >= 0.6 is 27.7 Å². The minimum Gasteiger partial charge on any atom is -0.480 e. The van der Waals surface area contributed by atoms with Crippen LogP contribution in [0, 0.1) is 0 Å². The van der Waals surface area contributed by atoms with Gasteiger partial charge in [0.2, 0.25) is 11.8 Å². The van der Waals surface area contributed by atoms with Crippen LogP contribution in [0.3, 0.4) is 0 Å². The molecule has 6 nitrogen and oxygen atoms in total. The van der Waals surface area contributed by atoms with Crippen LogP contribution in [-0.4, -0.2) is 34.7 Å². The van der Waals surface area contributed by atoms with Crippen molar-refractivity contribution in [2.24, 2.45) is 5.73 Å². The maximum Gasteiger partial charge on any atom is 0.326 e. The van der Waals surface area contributed by atoms with Crippen LogP contribution in [0.1, 0.15) is 6.42 Å². The van der Waals surface area contributed by atoms with Gasteiger partial charge in [0.05, 0.1) is 12.2 Å². The molecule has 1 unspecified atom stereocenters. The molecule has 0 aliphatic heterocycles. The number of thioether (sulfide) groups is 1. The fraction of sp³-hybridized carbons (Fsp3) is 0.250. The predicted octanol–water partition coefficient (Wildman–Crippen LogP) is 0.986. The van der Waals surface area contributed by atoms with Gasteiger partial charge in [-0.2, -0.15) is 0 Å². The molecule has 1 atom stereocenters. The monoisotopic (exact) mass is 360 g/mol. The van der Waals surface area contributed by atoms with E-state index in [-0.39, 0.29) is 5.75 Å². The lowest BCUT2D eigenvalue weighted by Gasteiger charge is -2.12. The summed E-state index contributed by atoms with van der Waals surface area (Å²) in [6, 6.07) is 6.06. The average molecular weight is 361 g/mol. The second-order valence-corrected chi connectivity index (χ2v) is 5.84. The number of hydrogen-bond acceptors (Lipinski definition) is 4. The van der Waals surface area contributed by atoms with Crippen molar-refractivity contribution in [1.82, 2.24) is 5.32 Å². The van der Waals surface area contributed by atoms with E-state index in [2.05, 4.69) is 21.2 Å². The third-order valence-electron chi connectivity index (χ3n) is 2.22. The molecule has 0 bridgehead atoms. The number of nitrogens with one attached hydrogen (secondary N) is 1. The lowest BCUT2D eigenvalue weighted by Crippen LogP contribution is -2.44. The Morgan fingerprint density at radius 1 is 1.30 bits per heavy atom.